The van der Waals surface area contributed by atoms with Crippen LogP contribution in [0.3, 0.4) is 0 Å². The molecule has 17 heavy (non-hydrogen) atoms. The van der Waals surface area contributed by atoms with Crippen molar-refractivity contribution in [3.8, 4) is 0 Å². The molecule has 2 atom stereocenters. The highest BCUT2D eigenvalue weighted by molar-refractivity contribution is 7.89. The molecule has 2 fully saturated rings. The Morgan fingerprint density at radius 2 is 2.00 bits per heavy atom. The zero-order chi connectivity index (χ0) is 12.5. The predicted octanol–water partition coefficient (Wildman–Crippen LogP) is -0.226. The fraction of sp³-hybridized carbons (Fsp3) is 1.00. The van der Waals surface area contributed by atoms with Crippen molar-refractivity contribution in [1.82, 2.24) is 9.21 Å². The molecular formula is C10H19FN2O3S. The van der Waals surface area contributed by atoms with E-state index in [4.69, 9.17) is 0 Å². The molecule has 0 saturated carbocycles. The zero-order valence-corrected chi connectivity index (χ0v) is 10.6. The highest BCUT2D eigenvalue weighted by atomic mass is 32.2. The van der Waals surface area contributed by atoms with Gasteiger partial charge in [0.1, 0.15) is 12.9 Å². The SMILES string of the molecule is O=S(=O)(CCF)N1CCCCN2[C@H](C[C@H]2O)C1. The molecule has 100 valence electrons. The van der Waals surface area contributed by atoms with E-state index < -0.39 is 28.7 Å². The maximum absolute atomic E-state index is 12.2. The zero-order valence-electron chi connectivity index (χ0n) is 9.76. The van der Waals surface area contributed by atoms with Crippen molar-refractivity contribution >= 4 is 10.0 Å². The van der Waals surface area contributed by atoms with Gasteiger partial charge in [-0.1, -0.05) is 0 Å². The molecule has 5 nitrogen and oxygen atoms in total. The Bertz CT molecular complexity index is 363. The molecule has 2 heterocycles. The predicted molar refractivity (Wildman–Crippen MR) is 61.7 cm³/mol. The van der Waals surface area contributed by atoms with Crippen LogP contribution in [0.2, 0.25) is 0 Å². The summed E-state index contributed by atoms with van der Waals surface area (Å²) in [6.45, 7) is 0.848. The first-order valence-electron chi connectivity index (χ1n) is 6.02. The van der Waals surface area contributed by atoms with Crippen LogP contribution >= 0.6 is 0 Å². The first-order valence-corrected chi connectivity index (χ1v) is 7.63. The summed E-state index contributed by atoms with van der Waals surface area (Å²) < 4.78 is 37.2. The van der Waals surface area contributed by atoms with Gasteiger partial charge >= 0.3 is 0 Å². The third-order valence-corrected chi connectivity index (χ3v) is 5.34. The summed E-state index contributed by atoms with van der Waals surface area (Å²) in [5.74, 6) is -0.428. The van der Waals surface area contributed by atoms with E-state index in [2.05, 4.69) is 0 Å². The van der Waals surface area contributed by atoms with E-state index in [0.717, 1.165) is 19.4 Å². The van der Waals surface area contributed by atoms with Gasteiger partial charge in [0.15, 0.2) is 0 Å². The van der Waals surface area contributed by atoms with Gasteiger partial charge in [-0.05, 0) is 12.8 Å². The van der Waals surface area contributed by atoms with Gasteiger partial charge in [0, 0.05) is 32.1 Å². The molecular weight excluding hydrogens is 247 g/mol. The average Bonchev–Trinajstić information content (AvgIpc) is 2.22. The Morgan fingerprint density at radius 1 is 1.29 bits per heavy atom. The van der Waals surface area contributed by atoms with E-state index in [-0.39, 0.29) is 6.04 Å². The third kappa shape index (κ3) is 2.78. The van der Waals surface area contributed by atoms with Crippen LogP contribution in [0.25, 0.3) is 0 Å². The molecule has 0 bridgehead atoms. The highest BCUT2D eigenvalue weighted by Crippen LogP contribution is 2.27. The molecule has 0 aromatic rings. The molecule has 2 aliphatic rings. The van der Waals surface area contributed by atoms with Gasteiger partial charge in [-0.2, -0.15) is 0 Å². The van der Waals surface area contributed by atoms with Crippen LogP contribution in [-0.2, 0) is 10.0 Å². The van der Waals surface area contributed by atoms with Crippen LogP contribution in [0.4, 0.5) is 4.39 Å². The van der Waals surface area contributed by atoms with Crippen molar-refractivity contribution in [2.75, 3.05) is 32.1 Å². The number of aliphatic hydroxyl groups is 1. The Kier molecular flexibility index (Phi) is 4.02. The lowest BCUT2D eigenvalue weighted by molar-refractivity contribution is -0.126. The average molecular weight is 266 g/mol. The third-order valence-electron chi connectivity index (χ3n) is 3.55. The summed E-state index contributed by atoms with van der Waals surface area (Å²) in [6, 6.07) is 0.0969. The monoisotopic (exact) mass is 266 g/mol. The lowest BCUT2D eigenvalue weighted by atomic mass is 9.98. The number of rotatable bonds is 3. The van der Waals surface area contributed by atoms with Gasteiger partial charge in [-0.15, -0.1) is 0 Å². The fourth-order valence-electron chi connectivity index (χ4n) is 2.52. The summed E-state index contributed by atoms with van der Waals surface area (Å²) in [5.41, 5.74) is 0. The number of fused-ring (bicyclic) bond motifs is 1. The second-order valence-electron chi connectivity index (χ2n) is 4.68. The smallest absolute Gasteiger partial charge is 0.216 e. The van der Waals surface area contributed by atoms with Crippen LogP contribution in [0, 0.1) is 0 Å². The molecule has 0 aliphatic carbocycles. The van der Waals surface area contributed by atoms with Crippen molar-refractivity contribution in [2.45, 2.75) is 31.5 Å². The van der Waals surface area contributed by atoms with E-state index in [0.29, 0.717) is 19.5 Å². The van der Waals surface area contributed by atoms with Gasteiger partial charge in [-0.3, -0.25) is 4.90 Å². The van der Waals surface area contributed by atoms with Crippen molar-refractivity contribution in [3.63, 3.8) is 0 Å². The van der Waals surface area contributed by atoms with Crippen LogP contribution in [0.1, 0.15) is 19.3 Å². The van der Waals surface area contributed by atoms with Crippen LogP contribution in [0.5, 0.6) is 0 Å². The van der Waals surface area contributed by atoms with Gasteiger partial charge in [-0.25, -0.2) is 17.1 Å². The van der Waals surface area contributed by atoms with Crippen molar-refractivity contribution < 1.29 is 17.9 Å². The summed E-state index contributed by atoms with van der Waals surface area (Å²) in [4.78, 5) is 1.93. The second-order valence-corrected chi connectivity index (χ2v) is 6.77. The maximum atomic E-state index is 12.2. The van der Waals surface area contributed by atoms with Crippen molar-refractivity contribution in [2.24, 2.45) is 0 Å². The van der Waals surface area contributed by atoms with Crippen LogP contribution in [-0.4, -0.2) is 67.1 Å². The largest absolute Gasteiger partial charge is 0.378 e. The topological polar surface area (TPSA) is 60.9 Å². The Hall–Kier alpha value is -0.240. The summed E-state index contributed by atoms with van der Waals surface area (Å²) in [6.07, 6.45) is 1.82. The molecule has 1 N–H and O–H groups in total. The number of halogens is 1. The molecule has 0 radical (unpaired) electrons. The molecule has 2 aliphatic heterocycles. The minimum absolute atomic E-state index is 0.0969. The number of aliphatic hydroxyl groups excluding tert-OH is 1. The standard InChI is InChI=1S/C10H19FN2O3S/c11-3-6-17(15,16)12-4-1-2-5-13-9(8-12)7-10(13)14/h9-10,14H,1-8H2/t9-,10-/m1/s1. The van der Waals surface area contributed by atoms with E-state index in [1.54, 1.807) is 0 Å². The molecule has 2 saturated heterocycles. The Labute approximate surface area is 101 Å². The van der Waals surface area contributed by atoms with Crippen LogP contribution in [0.15, 0.2) is 0 Å². The van der Waals surface area contributed by atoms with Gasteiger partial charge in [0.2, 0.25) is 10.0 Å². The first-order chi connectivity index (χ1) is 8.04. The van der Waals surface area contributed by atoms with Gasteiger partial charge < -0.3 is 5.11 Å². The lowest BCUT2D eigenvalue weighted by Crippen LogP contribution is -2.61. The van der Waals surface area contributed by atoms with E-state index in [1.807, 2.05) is 4.90 Å². The summed E-state index contributed by atoms with van der Waals surface area (Å²) in [7, 11) is -3.46. The highest BCUT2D eigenvalue weighted by Gasteiger charge is 2.40. The minimum atomic E-state index is -3.46. The normalized spacial score (nSPS) is 32.4. The molecule has 0 aromatic heterocycles. The molecule has 7 heteroatoms. The Morgan fingerprint density at radius 3 is 2.65 bits per heavy atom. The summed E-state index contributed by atoms with van der Waals surface area (Å²) >= 11 is 0. The minimum Gasteiger partial charge on any atom is -0.378 e. The summed E-state index contributed by atoms with van der Waals surface area (Å²) in [5, 5.41) is 9.55. The molecule has 0 aromatic carbocycles. The number of hydrogen-bond acceptors (Lipinski definition) is 4. The van der Waals surface area contributed by atoms with E-state index in [9.17, 15) is 17.9 Å². The van der Waals surface area contributed by atoms with Crippen molar-refractivity contribution in [3.05, 3.63) is 0 Å². The molecule has 0 spiro atoms. The number of hydrogen-bond donors (Lipinski definition) is 1. The lowest BCUT2D eigenvalue weighted by Gasteiger charge is -2.48. The number of nitrogens with zero attached hydrogens (tertiary/aromatic N) is 2. The fourth-order valence-corrected chi connectivity index (χ4v) is 3.78. The number of sulfonamides is 1. The number of alkyl halides is 1. The quantitative estimate of drug-likeness (QED) is 0.767. The molecule has 2 rings (SSSR count). The van der Waals surface area contributed by atoms with E-state index >= 15 is 0 Å². The second kappa shape index (κ2) is 5.17. The van der Waals surface area contributed by atoms with Crippen molar-refractivity contribution in [1.29, 1.82) is 0 Å². The molecule has 0 unspecified atom stereocenters. The van der Waals surface area contributed by atoms with E-state index in [1.165, 1.54) is 4.31 Å². The first kappa shape index (κ1) is 13.2. The maximum Gasteiger partial charge on any atom is 0.216 e. The Balaban J connectivity index is 2.03. The van der Waals surface area contributed by atoms with Crippen LogP contribution < -0.4 is 0 Å². The van der Waals surface area contributed by atoms with Gasteiger partial charge in [0.25, 0.3) is 0 Å². The molecule has 0 amide bonds. The van der Waals surface area contributed by atoms with Gasteiger partial charge in [0.05, 0.1) is 5.75 Å².